The molecule has 28 heavy (non-hydrogen) atoms. The molecule has 1 unspecified atom stereocenters. The third-order valence-corrected chi connectivity index (χ3v) is 5.31. The minimum absolute atomic E-state index is 0.285. The van der Waals surface area contributed by atoms with Crippen LogP contribution in [0.1, 0.15) is 17.5 Å². The van der Waals surface area contributed by atoms with Crippen LogP contribution in [0, 0.1) is 18.3 Å². The molecule has 1 N–H and O–H groups in total. The fourth-order valence-corrected chi connectivity index (χ4v) is 3.48. The molecule has 1 atom stereocenters. The van der Waals surface area contributed by atoms with Gasteiger partial charge < -0.3 is 10.2 Å². The lowest BCUT2D eigenvalue weighted by Crippen LogP contribution is -2.44. The highest BCUT2D eigenvalue weighted by Crippen LogP contribution is 2.33. The van der Waals surface area contributed by atoms with Crippen molar-refractivity contribution in [2.45, 2.75) is 19.1 Å². The Labute approximate surface area is 164 Å². The number of hydrogen-bond donors (Lipinski definition) is 1. The van der Waals surface area contributed by atoms with E-state index in [1.807, 2.05) is 54.1 Å². The van der Waals surface area contributed by atoms with Crippen LogP contribution in [0.3, 0.4) is 0 Å². The standard InChI is InChI=1S/C22H22FN5/c1-16-3-7-18(8-4-16)20-13-21(27(2)22(23)11-12-25-15-22)26-28(20)19-9-5-17(14-24)6-10-19/h3-10,13,25H,11-12,15H2,1-2H3. The maximum Gasteiger partial charge on any atom is 0.197 e. The minimum atomic E-state index is -1.45. The predicted molar refractivity (Wildman–Crippen MR) is 108 cm³/mol. The van der Waals surface area contributed by atoms with E-state index < -0.39 is 5.79 Å². The Balaban J connectivity index is 1.81. The van der Waals surface area contributed by atoms with Gasteiger partial charge in [-0.3, -0.25) is 0 Å². The number of benzene rings is 2. The molecular weight excluding hydrogens is 353 g/mol. The van der Waals surface area contributed by atoms with Gasteiger partial charge in [-0.1, -0.05) is 29.8 Å². The molecule has 1 aliphatic heterocycles. The largest absolute Gasteiger partial charge is 0.325 e. The van der Waals surface area contributed by atoms with Crippen molar-refractivity contribution in [2.24, 2.45) is 0 Å². The van der Waals surface area contributed by atoms with Crippen LogP contribution >= 0.6 is 0 Å². The second-order valence-corrected chi connectivity index (χ2v) is 7.23. The van der Waals surface area contributed by atoms with Crippen LogP contribution in [0.15, 0.2) is 54.6 Å². The Morgan fingerprint density at radius 3 is 2.50 bits per heavy atom. The van der Waals surface area contributed by atoms with E-state index in [0.29, 0.717) is 24.3 Å². The van der Waals surface area contributed by atoms with E-state index in [-0.39, 0.29) is 6.54 Å². The molecule has 1 aromatic heterocycles. The molecule has 142 valence electrons. The van der Waals surface area contributed by atoms with Crippen LogP contribution in [0.25, 0.3) is 16.9 Å². The first kappa shape index (κ1) is 18.2. The van der Waals surface area contributed by atoms with Gasteiger partial charge in [0.1, 0.15) is 0 Å². The number of alkyl halides is 1. The second kappa shape index (κ2) is 7.10. The van der Waals surface area contributed by atoms with Gasteiger partial charge in [-0.25, -0.2) is 9.07 Å². The van der Waals surface area contributed by atoms with E-state index in [4.69, 9.17) is 10.4 Å². The first-order valence-corrected chi connectivity index (χ1v) is 9.31. The van der Waals surface area contributed by atoms with Crippen molar-refractivity contribution in [2.75, 3.05) is 25.0 Å². The Kier molecular flexibility index (Phi) is 4.62. The molecule has 0 radical (unpaired) electrons. The molecule has 5 nitrogen and oxygen atoms in total. The molecule has 2 aromatic carbocycles. The quantitative estimate of drug-likeness (QED) is 0.705. The lowest BCUT2D eigenvalue weighted by atomic mass is 10.1. The maximum atomic E-state index is 15.3. The smallest absolute Gasteiger partial charge is 0.197 e. The number of hydrogen-bond acceptors (Lipinski definition) is 4. The molecule has 0 aliphatic carbocycles. The molecule has 0 amide bonds. The topological polar surface area (TPSA) is 56.9 Å². The van der Waals surface area contributed by atoms with Crippen LogP contribution in [0.5, 0.6) is 0 Å². The van der Waals surface area contributed by atoms with Gasteiger partial charge >= 0.3 is 0 Å². The summed E-state index contributed by atoms with van der Waals surface area (Å²) in [6.07, 6.45) is 0.424. The van der Waals surface area contributed by atoms with Gasteiger partial charge in [0.2, 0.25) is 0 Å². The fraction of sp³-hybridized carbons (Fsp3) is 0.273. The van der Waals surface area contributed by atoms with Crippen LogP contribution < -0.4 is 10.2 Å². The highest BCUT2D eigenvalue weighted by molar-refractivity contribution is 5.67. The number of aryl methyl sites for hydroxylation is 1. The van der Waals surface area contributed by atoms with Crippen LogP contribution in [-0.2, 0) is 0 Å². The average molecular weight is 375 g/mol. The molecule has 2 heterocycles. The summed E-state index contributed by atoms with van der Waals surface area (Å²) in [6, 6.07) is 19.5. The summed E-state index contributed by atoms with van der Waals surface area (Å²) in [5, 5.41) is 16.9. The molecule has 1 fully saturated rings. The predicted octanol–water partition coefficient (Wildman–Crippen LogP) is 3.81. The first-order valence-electron chi connectivity index (χ1n) is 9.31. The van der Waals surface area contributed by atoms with Crippen molar-refractivity contribution in [3.05, 3.63) is 65.7 Å². The van der Waals surface area contributed by atoms with E-state index in [1.54, 1.807) is 24.1 Å². The summed E-state index contributed by atoms with van der Waals surface area (Å²) >= 11 is 0. The van der Waals surface area contributed by atoms with Crippen molar-refractivity contribution in [1.82, 2.24) is 15.1 Å². The number of rotatable bonds is 4. The molecule has 4 rings (SSSR count). The monoisotopic (exact) mass is 375 g/mol. The third kappa shape index (κ3) is 3.25. The van der Waals surface area contributed by atoms with Gasteiger partial charge in [0, 0.05) is 38.2 Å². The zero-order valence-corrected chi connectivity index (χ0v) is 16.0. The van der Waals surface area contributed by atoms with E-state index in [0.717, 1.165) is 16.9 Å². The highest BCUT2D eigenvalue weighted by atomic mass is 19.1. The van der Waals surface area contributed by atoms with Crippen molar-refractivity contribution < 1.29 is 4.39 Å². The molecule has 3 aromatic rings. The van der Waals surface area contributed by atoms with Gasteiger partial charge in [-0.2, -0.15) is 5.26 Å². The number of nitriles is 1. The summed E-state index contributed by atoms with van der Waals surface area (Å²) in [6.45, 7) is 2.98. The van der Waals surface area contributed by atoms with E-state index in [9.17, 15) is 0 Å². The van der Waals surface area contributed by atoms with Crippen molar-refractivity contribution >= 4 is 5.82 Å². The Hall–Kier alpha value is -3.17. The minimum Gasteiger partial charge on any atom is -0.325 e. The normalized spacial score (nSPS) is 18.8. The summed E-state index contributed by atoms with van der Waals surface area (Å²) < 4.78 is 17.1. The second-order valence-electron chi connectivity index (χ2n) is 7.23. The Bertz CT molecular complexity index is 1010. The first-order chi connectivity index (χ1) is 13.5. The summed E-state index contributed by atoms with van der Waals surface area (Å²) in [4.78, 5) is 1.62. The van der Waals surface area contributed by atoms with Crippen molar-refractivity contribution in [3.63, 3.8) is 0 Å². The number of nitrogens with one attached hydrogen (secondary N) is 1. The summed E-state index contributed by atoms with van der Waals surface area (Å²) in [7, 11) is 1.75. The van der Waals surface area contributed by atoms with Crippen molar-refractivity contribution in [1.29, 1.82) is 5.26 Å². The molecule has 1 saturated heterocycles. The number of halogens is 1. The number of nitrogens with zero attached hydrogens (tertiary/aromatic N) is 4. The highest BCUT2D eigenvalue weighted by Gasteiger charge is 2.39. The number of aromatic nitrogens is 2. The maximum absolute atomic E-state index is 15.3. The van der Waals surface area contributed by atoms with Crippen LogP contribution in [0.2, 0.25) is 0 Å². The zero-order chi connectivity index (χ0) is 19.7. The molecule has 0 bridgehead atoms. The lowest BCUT2D eigenvalue weighted by molar-refractivity contribution is 0.189. The SMILES string of the molecule is Cc1ccc(-c2cc(N(C)C3(F)CCNC3)nn2-c2ccc(C#N)cc2)cc1. The molecule has 0 saturated carbocycles. The summed E-state index contributed by atoms with van der Waals surface area (Å²) in [5.41, 5.74) is 4.46. The van der Waals surface area contributed by atoms with Gasteiger partial charge in [-0.15, -0.1) is 5.10 Å². The third-order valence-electron chi connectivity index (χ3n) is 5.31. The number of anilines is 1. The molecule has 0 spiro atoms. The molecular formula is C22H22FN5. The van der Waals surface area contributed by atoms with E-state index >= 15 is 4.39 Å². The fourth-order valence-electron chi connectivity index (χ4n) is 3.48. The Morgan fingerprint density at radius 1 is 1.18 bits per heavy atom. The van der Waals surface area contributed by atoms with Crippen LogP contribution in [-0.4, -0.2) is 35.7 Å². The molecule has 1 aliphatic rings. The average Bonchev–Trinajstić information content (AvgIpc) is 3.36. The lowest BCUT2D eigenvalue weighted by Gasteiger charge is -2.30. The Morgan fingerprint density at radius 2 is 1.89 bits per heavy atom. The molecule has 6 heteroatoms. The summed E-state index contributed by atoms with van der Waals surface area (Å²) in [5.74, 6) is -0.875. The number of likely N-dealkylation sites (N-methyl/N-ethyl adjacent to an activating group) is 1. The van der Waals surface area contributed by atoms with Crippen molar-refractivity contribution in [3.8, 4) is 23.0 Å². The van der Waals surface area contributed by atoms with Crippen LogP contribution in [0.4, 0.5) is 10.2 Å². The van der Waals surface area contributed by atoms with Gasteiger partial charge in [0.25, 0.3) is 0 Å². The zero-order valence-electron chi connectivity index (χ0n) is 16.0. The van der Waals surface area contributed by atoms with Gasteiger partial charge in [0.15, 0.2) is 11.6 Å². The van der Waals surface area contributed by atoms with E-state index in [1.165, 1.54) is 5.56 Å². The van der Waals surface area contributed by atoms with Gasteiger partial charge in [0.05, 0.1) is 23.0 Å². The van der Waals surface area contributed by atoms with E-state index in [2.05, 4.69) is 11.4 Å². The van der Waals surface area contributed by atoms with Gasteiger partial charge in [-0.05, 0) is 31.2 Å².